The Labute approximate surface area is 168 Å². The van der Waals surface area contributed by atoms with Crippen molar-refractivity contribution in [3.63, 3.8) is 0 Å². The first-order valence-corrected chi connectivity index (χ1v) is 9.38. The molecule has 1 aromatic heterocycles. The van der Waals surface area contributed by atoms with Crippen molar-refractivity contribution in [2.24, 2.45) is 7.05 Å². The van der Waals surface area contributed by atoms with Crippen molar-refractivity contribution < 1.29 is 4.79 Å². The number of amides is 1. The Kier molecular flexibility index (Phi) is 6.11. The molecule has 28 heavy (non-hydrogen) atoms. The number of rotatable bonds is 6. The number of nitrogens with one attached hydrogen (secondary N) is 1. The number of fused-ring (bicyclic) bond motifs is 1. The van der Waals surface area contributed by atoms with Gasteiger partial charge in [-0.15, -0.1) is 0 Å². The van der Waals surface area contributed by atoms with Crippen LogP contribution in [0.2, 0.25) is 5.02 Å². The zero-order chi connectivity index (χ0) is 20.3. The fourth-order valence-electron chi connectivity index (χ4n) is 3.25. The number of aromatic nitrogens is 2. The van der Waals surface area contributed by atoms with Crippen LogP contribution in [-0.4, -0.2) is 41.2 Å². The van der Waals surface area contributed by atoms with Crippen LogP contribution < -0.4 is 10.9 Å². The minimum Gasteiger partial charge on any atom is -0.354 e. The van der Waals surface area contributed by atoms with Gasteiger partial charge in [-0.2, -0.15) is 5.10 Å². The molecule has 0 aliphatic carbocycles. The van der Waals surface area contributed by atoms with E-state index in [4.69, 9.17) is 11.6 Å². The topological polar surface area (TPSA) is 67.2 Å². The van der Waals surface area contributed by atoms with Crippen molar-refractivity contribution in [2.75, 3.05) is 20.6 Å². The molecule has 1 N–H and O–H groups in total. The summed E-state index contributed by atoms with van der Waals surface area (Å²) in [6.45, 7) is 0.416. The van der Waals surface area contributed by atoms with E-state index in [1.165, 1.54) is 4.68 Å². The van der Waals surface area contributed by atoms with Crippen LogP contribution in [0.25, 0.3) is 10.8 Å². The van der Waals surface area contributed by atoms with Crippen molar-refractivity contribution in [3.05, 3.63) is 75.2 Å². The first kappa shape index (κ1) is 20.0. The highest BCUT2D eigenvalue weighted by Gasteiger charge is 2.19. The first-order valence-electron chi connectivity index (χ1n) is 9.01. The summed E-state index contributed by atoms with van der Waals surface area (Å²) in [5, 5.41) is 9.19. The minimum atomic E-state index is -0.175. The summed E-state index contributed by atoms with van der Waals surface area (Å²) < 4.78 is 1.28. The Morgan fingerprint density at radius 2 is 1.79 bits per heavy atom. The van der Waals surface area contributed by atoms with Crippen LogP contribution in [-0.2, 0) is 18.3 Å². The maximum atomic E-state index is 12.6. The molecular formula is C21H23ClN4O2. The van der Waals surface area contributed by atoms with Crippen LogP contribution in [0.15, 0.2) is 53.3 Å². The highest BCUT2D eigenvalue weighted by molar-refractivity contribution is 6.31. The monoisotopic (exact) mass is 398 g/mol. The third-order valence-corrected chi connectivity index (χ3v) is 5.09. The maximum Gasteiger partial charge on any atom is 0.274 e. The van der Waals surface area contributed by atoms with Gasteiger partial charge in [-0.25, -0.2) is 4.68 Å². The summed E-state index contributed by atoms with van der Waals surface area (Å²) in [6, 6.07) is 14.8. The Hall–Kier alpha value is -2.70. The molecule has 3 aromatic rings. The average molecular weight is 399 g/mol. The molecule has 0 saturated heterocycles. The molecule has 3 rings (SSSR count). The second-order valence-electron chi connectivity index (χ2n) is 6.90. The van der Waals surface area contributed by atoms with Crippen LogP contribution in [0.5, 0.6) is 0 Å². The van der Waals surface area contributed by atoms with Crippen molar-refractivity contribution >= 4 is 28.3 Å². The van der Waals surface area contributed by atoms with Crippen LogP contribution >= 0.6 is 11.6 Å². The molecule has 0 fully saturated rings. The molecular weight excluding hydrogens is 376 g/mol. The number of aryl methyl sites for hydroxylation is 1. The molecule has 146 valence electrons. The molecule has 0 aliphatic heterocycles. The summed E-state index contributed by atoms with van der Waals surface area (Å²) in [4.78, 5) is 26.8. The maximum absolute atomic E-state index is 12.6. The molecule has 1 atom stereocenters. The van der Waals surface area contributed by atoms with Gasteiger partial charge in [0.15, 0.2) is 0 Å². The quantitative estimate of drug-likeness (QED) is 0.693. The molecule has 2 aromatic carbocycles. The predicted molar refractivity (Wildman–Crippen MR) is 112 cm³/mol. The fourth-order valence-corrected chi connectivity index (χ4v) is 3.51. The third kappa shape index (κ3) is 4.24. The van der Waals surface area contributed by atoms with E-state index in [9.17, 15) is 9.59 Å². The Balaban J connectivity index is 1.77. The van der Waals surface area contributed by atoms with Crippen molar-refractivity contribution in [3.8, 4) is 0 Å². The highest BCUT2D eigenvalue weighted by Crippen LogP contribution is 2.25. The van der Waals surface area contributed by atoms with E-state index in [0.717, 1.165) is 5.56 Å². The summed E-state index contributed by atoms with van der Waals surface area (Å²) in [6.07, 6.45) is 0.0945. The second kappa shape index (κ2) is 8.54. The SMILES string of the molecule is CN(C)C(CNC(=O)Cc1nn(C)c(=O)c2ccccc12)c1ccccc1Cl. The number of halogens is 1. The van der Waals surface area contributed by atoms with E-state index in [0.29, 0.717) is 28.0 Å². The summed E-state index contributed by atoms with van der Waals surface area (Å²) >= 11 is 6.32. The van der Waals surface area contributed by atoms with Gasteiger partial charge in [-0.1, -0.05) is 48.0 Å². The van der Waals surface area contributed by atoms with Gasteiger partial charge in [-0.05, 0) is 31.8 Å². The van der Waals surface area contributed by atoms with Gasteiger partial charge < -0.3 is 10.2 Å². The van der Waals surface area contributed by atoms with Gasteiger partial charge in [0.25, 0.3) is 5.56 Å². The lowest BCUT2D eigenvalue weighted by atomic mass is 10.1. The molecule has 0 spiro atoms. The second-order valence-corrected chi connectivity index (χ2v) is 7.31. The van der Waals surface area contributed by atoms with E-state index in [1.54, 1.807) is 19.2 Å². The van der Waals surface area contributed by atoms with E-state index in [2.05, 4.69) is 10.4 Å². The Morgan fingerprint density at radius 3 is 2.46 bits per heavy atom. The van der Waals surface area contributed by atoms with Gasteiger partial charge in [0, 0.05) is 24.0 Å². The smallest absolute Gasteiger partial charge is 0.274 e. The number of carbonyl (C=O) groups excluding carboxylic acids is 1. The van der Waals surface area contributed by atoms with Gasteiger partial charge in [0.05, 0.1) is 23.5 Å². The normalized spacial score (nSPS) is 12.3. The van der Waals surface area contributed by atoms with Crippen molar-refractivity contribution in [1.82, 2.24) is 20.0 Å². The van der Waals surface area contributed by atoms with E-state index < -0.39 is 0 Å². The first-order chi connectivity index (χ1) is 13.4. The molecule has 7 heteroatoms. The van der Waals surface area contributed by atoms with E-state index in [1.807, 2.05) is 55.4 Å². The van der Waals surface area contributed by atoms with Crippen LogP contribution in [0.4, 0.5) is 0 Å². The largest absolute Gasteiger partial charge is 0.354 e. The summed E-state index contributed by atoms with van der Waals surface area (Å²) in [5.41, 5.74) is 1.36. The molecule has 1 unspecified atom stereocenters. The molecule has 1 heterocycles. The number of hydrogen-bond donors (Lipinski definition) is 1. The van der Waals surface area contributed by atoms with Gasteiger partial charge in [0.1, 0.15) is 0 Å². The predicted octanol–water partition coefficient (Wildman–Crippen LogP) is 2.55. The lowest BCUT2D eigenvalue weighted by Crippen LogP contribution is -2.36. The van der Waals surface area contributed by atoms with E-state index in [-0.39, 0.29) is 23.9 Å². The zero-order valence-corrected chi connectivity index (χ0v) is 16.9. The lowest BCUT2D eigenvalue weighted by molar-refractivity contribution is -0.120. The fraction of sp³-hybridized carbons (Fsp3) is 0.286. The zero-order valence-electron chi connectivity index (χ0n) is 16.1. The van der Waals surface area contributed by atoms with Crippen LogP contribution in [0, 0.1) is 0 Å². The Bertz CT molecular complexity index is 1060. The van der Waals surface area contributed by atoms with Gasteiger partial charge in [0.2, 0.25) is 5.91 Å². The van der Waals surface area contributed by atoms with Gasteiger partial charge in [-0.3, -0.25) is 9.59 Å². The van der Waals surface area contributed by atoms with Crippen LogP contribution in [0.1, 0.15) is 17.3 Å². The molecule has 1 amide bonds. The number of nitrogens with zero attached hydrogens (tertiary/aromatic N) is 3. The number of hydrogen-bond acceptors (Lipinski definition) is 4. The van der Waals surface area contributed by atoms with Gasteiger partial charge >= 0.3 is 0 Å². The lowest BCUT2D eigenvalue weighted by Gasteiger charge is -2.26. The van der Waals surface area contributed by atoms with Crippen LogP contribution in [0.3, 0.4) is 0 Å². The average Bonchev–Trinajstić information content (AvgIpc) is 2.67. The number of carbonyl (C=O) groups is 1. The van der Waals surface area contributed by atoms with E-state index >= 15 is 0 Å². The highest BCUT2D eigenvalue weighted by atomic mass is 35.5. The number of likely N-dealkylation sites (N-methyl/N-ethyl adjacent to an activating group) is 1. The summed E-state index contributed by atoms with van der Waals surface area (Å²) in [5.74, 6) is -0.157. The van der Waals surface area contributed by atoms with Crippen molar-refractivity contribution in [2.45, 2.75) is 12.5 Å². The van der Waals surface area contributed by atoms with Crippen molar-refractivity contribution in [1.29, 1.82) is 0 Å². The third-order valence-electron chi connectivity index (χ3n) is 4.74. The molecule has 0 bridgehead atoms. The molecule has 0 aliphatic rings. The minimum absolute atomic E-state index is 0.0533. The molecule has 0 radical (unpaired) electrons. The number of benzene rings is 2. The molecule has 0 saturated carbocycles. The summed E-state index contributed by atoms with van der Waals surface area (Å²) in [7, 11) is 5.49. The Morgan fingerprint density at radius 1 is 1.14 bits per heavy atom. The molecule has 6 nitrogen and oxygen atoms in total. The standard InChI is InChI=1S/C21H23ClN4O2/c1-25(2)19(16-10-6-7-11-17(16)22)13-23-20(27)12-18-14-8-4-5-9-15(14)21(28)26(3)24-18/h4-11,19H,12-13H2,1-3H3,(H,23,27).